The van der Waals surface area contributed by atoms with Crippen LogP contribution in [0.4, 0.5) is 0 Å². The lowest BCUT2D eigenvalue weighted by molar-refractivity contribution is -0.140. The predicted octanol–water partition coefficient (Wildman–Crippen LogP) is 2.80. The van der Waals surface area contributed by atoms with Gasteiger partial charge in [0.1, 0.15) is 17.7 Å². The van der Waals surface area contributed by atoms with Crippen molar-refractivity contribution in [3.8, 4) is 0 Å². The van der Waals surface area contributed by atoms with Gasteiger partial charge in [0.25, 0.3) is 5.91 Å². The Balaban J connectivity index is 1.98. The van der Waals surface area contributed by atoms with Crippen molar-refractivity contribution in [2.75, 3.05) is 27.2 Å². The van der Waals surface area contributed by atoms with Gasteiger partial charge in [-0.2, -0.15) is 0 Å². The molecule has 0 N–H and O–H groups in total. The van der Waals surface area contributed by atoms with E-state index >= 15 is 0 Å². The van der Waals surface area contributed by atoms with Crippen LogP contribution < -0.4 is 0 Å². The monoisotopic (exact) mass is 382 g/mol. The first-order valence-electron chi connectivity index (χ1n) is 9.45. The molecule has 6 heteroatoms. The van der Waals surface area contributed by atoms with E-state index in [0.717, 1.165) is 17.7 Å². The van der Waals surface area contributed by atoms with E-state index < -0.39 is 23.7 Å². The number of ketones is 2. The number of amides is 1. The summed E-state index contributed by atoms with van der Waals surface area (Å²) in [6.45, 7) is 4.91. The Morgan fingerprint density at radius 2 is 1.93 bits per heavy atom. The van der Waals surface area contributed by atoms with E-state index in [1.807, 2.05) is 45.0 Å². The highest BCUT2D eigenvalue weighted by Gasteiger charge is 2.52. The van der Waals surface area contributed by atoms with Gasteiger partial charge in [-0.15, -0.1) is 0 Å². The van der Waals surface area contributed by atoms with Crippen LogP contribution in [0.15, 0.2) is 41.0 Å². The smallest absolute Gasteiger partial charge is 0.291 e. The molecule has 0 aliphatic carbocycles. The Labute approximate surface area is 165 Å². The summed E-state index contributed by atoms with van der Waals surface area (Å²) in [5.41, 5.74) is 2.21. The van der Waals surface area contributed by atoms with Crippen LogP contribution in [0, 0.1) is 19.8 Å². The summed E-state index contributed by atoms with van der Waals surface area (Å²) in [4.78, 5) is 42.5. The fraction of sp³-hybridized carbons (Fsp3) is 0.409. The van der Waals surface area contributed by atoms with Gasteiger partial charge in [0, 0.05) is 12.1 Å². The Kier molecular flexibility index (Phi) is 5.79. The first-order valence-corrected chi connectivity index (χ1v) is 9.45. The van der Waals surface area contributed by atoms with Crippen molar-refractivity contribution in [1.82, 2.24) is 9.80 Å². The van der Waals surface area contributed by atoms with Crippen molar-refractivity contribution in [2.45, 2.75) is 26.3 Å². The molecule has 2 heterocycles. The molecule has 1 saturated heterocycles. The van der Waals surface area contributed by atoms with E-state index in [0.29, 0.717) is 24.3 Å². The van der Waals surface area contributed by atoms with E-state index in [1.165, 1.54) is 11.2 Å². The van der Waals surface area contributed by atoms with Gasteiger partial charge in [0.05, 0.1) is 6.26 Å². The van der Waals surface area contributed by atoms with Gasteiger partial charge in [0.2, 0.25) is 5.78 Å². The van der Waals surface area contributed by atoms with Gasteiger partial charge < -0.3 is 14.2 Å². The number of carbonyl (C=O) groups excluding carboxylic acids is 3. The third-order valence-electron chi connectivity index (χ3n) is 5.19. The molecule has 1 amide bonds. The highest BCUT2D eigenvalue weighted by atomic mass is 16.3. The third kappa shape index (κ3) is 3.78. The molecule has 0 spiro atoms. The molecule has 28 heavy (non-hydrogen) atoms. The minimum atomic E-state index is -1.08. The predicted molar refractivity (Wildman–Crippen MR) is 105 cm³/mol. The van der Waals surface area contributed by atoms with E-state index in [9.17, 15) is 14.4 Å². The minimum Gasteiger partial charge on any atom is -0.467 e. The fourth-order valence-electron chi connectivity index (χ4n) is 3.73. The van der Waals surface area contributed by atoms with Crippen LogP contribution in [0.3, 0.4) is 0 Å². The van der Waals surface area contributed by atoms with Gasteiger partial charge in [-0.3, -0.25) is 14.4 Å². The standard InChI is InChI=1S/C22H26N2O4/c1-14-8-9-15(2)16(13-14)20(25)18-19(17-7-5-12-28-17)24(22(27)21(18)26)11-6-10-23(3)4/h5,7-9,12-13,18-19H,6,10-11H2,1-4H3. The quantitative estimate of drug-likeness (QED) is 0.418. The Morgan fingerprint density at radius 1 is 1.18 bits per heavy atom. The maximum Gasteiger partial charge on any atom is 0.291 e. The summed E-state index contributed by atoms with van der Waals surface area (Å²) in [6.07, 6.45) is 2.20. The van der Waals surface area contributed by atoms with E-state index in [-0.39, 0.29) is 5.78 Å². The zero-order valence-electron chi connectivity index (χ0n) is 16.8. The topological polar surface area (TPSA) is 70.8 Å². The van der Waals surface area contributed by atoms with Crippen LogP contribution >= 0.6 is 0 Å². The molecule has 0 saturated carbocycles. The summed E-state index contributed by atoms with van der Waals surface area (Å²) in [6, 6.07) is 8.29. The second-order valence-corrected chi connectivity index (χ2v) is 7.64. The minimum absolute atomic E-state index is 0.323. The number of hydrogen-bond donors (Lipinski definition) is 0. The summed E-state index contributed by atoms with van der Waals surface area (Å²) < 4.78 is 5.53. The molecule has 6 nitrogen and oxygen atoms in total. The molecule has 0 radical (unpaired) electrons. The highest BCUT2D eigenvalue weighted by Crippen LogP contribution is 2.38. The first-order chi connectivity index (χ1) is 13.3. The summed E-state index contributed by atoms with van der Waals surface area (Å²) in [5, 5.41) is 0. The molecule has 148 valence electrons. The molecule has 0 bridgehead atoms. The molecular weight excluding hydrogens is 356 g/mol. The maximum atomic E-state index is 13.4. The average molecular weight is 382 g/mol. The van der Waals surface area contributed by atoms with Crippen molar-refractivity contribution < 1.29 is 18.8 Å². The Hall–Kier alpha value is -2.73. The lowest BCUT2D eigenvalue weighted by Gasteiger charge is -2.26. The summed E-state index contributed by atoms with van der Waals surface area (Å²) >= 11 is 0. The Bertz CT molecular complexity index is 886. The molecule has 1 aliphatic heterocycles. The third-order valence-corrected chi connectivity index (χ3v) is 5.19. The van der Waals surface area contributed by atoms with Crippen molar-refractivity contribution in [3.63, 3.8) is 0 Å². The van der Waals surface area contributed by atoms with E-state index in [2.05, 4.69) is 0 Å². The molecular formula is C22H26N2O4. The first kappa shape index (κ1) is 20.0. The lowest BCUT2D eigenvalue weighted by Crippen LogP contribution is -2.33. The van der Waals surface area contributed by atoms with E-state index in [4.69, 9.17) is 4.42 Å². The van der Waals surface area contributed by atoms with Crippen LogP contribution in [0.5, 0.6) is 0 Å². The molecule has 2 atom stereocenters. The molecule has 2 unspecified atom stereocenters. The SMILES string of the molecule is Cc1ccc(C)c(C(=O)C2C(=O)C(=O)N(CCCN(C)C)C2c2ccco2)c1. The average Bonchev–Trinajstić information content (AvgIpc) is 3.25. The van der Waals surface area contributed by atoms with Gasteiger partial charge >= 0.3 is 0 Å². The molecule has 1 aliphatic rings. The number of hydrogen-bond acceptors (Lipinski definition) is 5. The molecule has 1 fully saturated rings. The van der Waals surface area contributed by atoms with Gasteiger partial charge in [-0.1, -0.05) is 17.7 Å². The van der Waals surface area contributed by atoms with Gasteiger partial charge in [0.15, 0.2) is 5.78 Å². The molecule has 3 rings (SSSR count). The number of rotatable bonds is 7. The number of aryl methyl sites for hydroxylation is 2. The maximum absolute atomic E-state index is 13.4. The zero-order chi connectivity index (χ0) is 20.4. The number of nitrogens with zero attached hydrogens (tertiary/aromatic N) is 2. The summed E-state index contributed by atoms with van der Waals surface area (Å²) in [7, 11) is 3.90. The Morgan fingerprint density at radius 3 is 2.57 bits per heavy atom. The number of carbonyl (C=O) groups is 3. The molecule has 2 aromatic rings. The van der Waals surface area contributed by atoms with E-state index in [1.54, 1.807) is 18.2 Å². The van der Waals surface area contributed by atoms with Crippen LogP contribution in [0.1, 0.15) is 39.7 Å². The van der Waals surface area contributed by atoms with Crippen LogP contribution in [0.25, 0.3) is 0 Å². The van der Waals surface area contributed by atoms with Crippen LogP contribution in [0.2, 0.25) is 0 Å². The van der Waals surface area contributed by atoms with Crippen LogP contribution in [-0.4, -0.2) is 54.5 Å². The summed E-state index contributed by atoms with van der Waals surface area (Å²) in [5.74, 6) is -2.21. The van der Waals surface area contributed by atoms with Gasteiger partial charge in [-0.25, -0.2) is 0 Å². The largest absolute Gasteiger partial charge is 0.467 e. The molecule has 1 aromatic heterocycles. The zero-order valence-corrected chi connectivity index (χ0v) is 16.8. The second-order valence-electron chi connectivity index (χ2n) is 7.64. The number of Topliss-reactive ketones (excluding diaryl/α,β-unsaturated/α-hetero) is 2. The van der Waals surface area contributed by atoms with Crippen molar-refractivity contribution in [1.29, 1.82) is 0 Å². The number of furan rings is 1. The lowest BCUT2D eigenvalue weighted by atomic mass is 9.86. The van der Waals surface area contributed by atoms with Crippen molar-refractivity contribution in [2.24, 2.45) is 5.92 Å². The number of likely N-dealkylation sites (tertiary alicyclic amines) is 1. The van der Waals surface area contributed by atoms with Crippen molar-refractivity contribution in [3.05, 3.63) is 59.0 Å². The normalized spacial score (nSPS) is 19.7. The molecule has 1 aromatic carbocycles. The van der Waals surface area contributed by atoms with Gasteiger partial charge in [-0.05, 0) is 64.7 Å². The number of benzene rings is 1. The van der Waals surface area contributed by atoms with Crippen molar-refractivity contribution >= 4 is 17.5 Å². The highest BCUT2D eigenvalue weighted by molar-refractivity contribution is 6.44. The second kappa shape index (κ2) is 8.10. The van der Waals surface area contributed by atoms with Crippen LogP contribution in [-0.2, 0) is 9.59 Å². The fourth-order valence-corrected chi connectivity index (χ4v) is 3.73.